The van der Waals surface area contributed by atoms with E-state index in [4.69, 9.17) is 11.6 Å². The van der Waals surface area contributed by atoms with E-state index in [1.807, 2.05) is 79.7 Å². The quantitative estimate of drug-likeness (QED) is 0.361. The molecule has 1 amide bonds. The molecule has 1 aromatic heterocycles. The van der Waals surface area contributed by atoms with Gasteiger partial charge >= 0.3 is 0 Å². The van der Waals surface area contributed by atoms with Crippen molar-refractivity contribution in [2.45, 2.75) is 13.5 Å². The summed E-state index contributed by atoms with van der Waals surface area (Å²) >= 11 is 6.03. The molecule has 0 atom stereocenters. The first-order chi connectivity index (χ1) is 15.1. The predicted octanol–water partition coefficient (Wildman–Crippen LogP) is 6.15. The Hall–Kier alpha value is -3.63. The number of para-hydroxylation sites is 2. The molecule has 3 aromatic carbocycles. The van der Waals surface area contributed by atoms with Crippen LogP contribution in [0.5, 0.6) is 0 Å². The first-order valence-electron chi connectivity index (χ1n) is 10.1. The van der Waals surface area contributed by atoms with Gasteiger partial charge in [-0.3, -0.25) is 4.79 Å². The van der Waals surface area contributed by atoms with Crippen LogP contribution in [0.4, 0.5) is 5.69 Å². The number of carbonyl (C=O) groups excluding carboxylic acids is 1. The summed E-state index contributed by atoms with van der Waals surface area (Å²) in [5.74, 6) is -0.113. The molecule has 1 aliphatic heterocycles. The minimum Gasteiger partial charge on any atom is -0.342 e. The summed E-state index contributed by atoms with van der Waals surface area (Å²) in [4.78, 5) is 13.1. The lowest BCUT2D eigenvalue weighted by Crippen LogP contribution is -2.21. The molecule has 0 spiro atoms. The summed E-state index contributed by atoms with van der Waals surface area (Å²) in [5, 5.41) is 7.79. The van der Waals surface area contributed by atoms with Gasteiger partial charge in [0.15, 0.2) is 0 Å². The zero-order valence-electron chi connectivity index (χ0n) is 17.0. The number of nitrogens with zero attached hydrogens (tertiary/aromatic N) is 3. The molecule has 31 heavy (non-hydrogen) atoms. The Kier molecular flexibility index (Phi) is 4.92. The van der Waals surface area contributed by atoms with Gasteiger partial charge < -0.3 is 4.57 Å². The van der Waals surface area contributed by atoms with Crippen molar-refractivity contribution < 1.29 is 4.79 Å². The van der Waals surface area contributed by atoms with Crippen LogP contribution in [0, 0.1) is 0 Å². The Bertz CT molecular complexity index is 1330. The largest absolute Gasteiger partial charge is 0.342 e. The molecule has 152 valence electrons. The number of hydrogen-bond acceptors (Lipinski definition) is 2. The molecule has 5 heteroatoms. The van der Waals surface area contributed by atoms with Gasteiger partial charge in [-0.2, -0.15) is 10.1 Å². The van der Waals surface area contributed by atoms with Crippen LogP contribution >= 0.6 is 11.6 Å². The Morgan fingerprint density at radius 2 is 1.65 bits per heavy atom. The van der Waals surface area contributed by atoms with E-state index in [-0.39, 0.29) is 5.91 Å². The SMILES string of the molecule is CC1=NN(c2ccccc2)C(=O)C1=Cc1cn(Cc2ccc(Cl)cc2)c2ccccc12. The van der Waals surface area contributed by atoms with Crippen LogP contribution in [0.3, 0.4) is 0 Å². The van der Waals surface area contributed by atoms with Crippen molar-refractivity contribution in [3.63, 3.8) is 0 Å². The normalized spacial score (nSPS) is 15.2. The molecule has 4 aromatic rings. The van der Waals surface area contributed by atoms with Gasteiger partial charge in [-0.15, -0.1) is 0 Å². The fourth-order valence-corrected chi connectivity index (χ4v) is 4.02. The number of aromatic nitrogens is 1. The Morgan fingerprint density at radius 1 is 0.935 bits per heavy atom. The highest BCUT2D eigenvalue weighted by molar-refractivity contribution is 6.32. The molecule has 0 aliphatic carbocycles. The Labute approximate surface area is 185 Å². The van der Waals surface area contributed by atoms with Crippen LogP contribution in [-0.4, -0.2) is 16.2 Å². The zero-order valence-corrected chi connectivity index (χ0v) is 17.8. The van der Waals surface area contributed by atoms with Gasteiger partial charge in [0.05, 0.1) is 17.0 Å². The third kappa shape index (κ3) is 3.66. The third-order valence-corrected chi connectivity index (χ3v) is 5.70. The van der Waals surface area contributed by atoms with Gasteiger partial charge in [-0.05, 0) is 48.9 Å². The molecule has 5 rings (SSSR count). The molecule has 2 heterocycles. The molecule has 1 aliphatic rings. The Balaban J connectivity index is 1.53. The second-order valence-electron chi connectivity index (χ2n) is 7.55. The van der Waals surface area contributed by atoms with Gasteiger partial charge in [-0.1, -0.05) is 60.1 Å². The highest BCUT2D eigenvalue weighted by atomic mass is 35.5. The van der Waals surface area contributed by atoms with Crippen molar-refractivity contribution in [1.82, 2.24) is 4.57 Å². The van der Waals surface area contributed by atoms with E-state index in [0.717, 1.165) is 39.3 Å². The van der Waals surface area contributed by atoms with Crippen LogP contribution < -0.4 is 5.01 Å². The number of amides is 1. The molecule has 0 bridgehead atoms. The van der Waals surface area contributed by atoms with E-state index in [0.29, 0.717) is 11.3 Å². The number of carbonyl (C=O) groups is 1. The van der Waals surface area contributed by atoms with Crippen molar-refractivity contribution in [3.05, 3.63) is 107 Å². The minimum absolute atomic E-state index is 0.113. The summed E-state index contributed by atoms with van der Waals surface area (Å²) in [5.41, 5.74) is 5.36. The molecule has 4 nitrogen and oxygen atoms in total. The number of rotatable bonds is 4. The van der Waals surface area contributed by atoms with E-state index >= 15 is 0 Å². The average Bonchev–Trinajstić information content (AvgIpc) is 3.28. The number of hydrazone groups is 1. The van der Waals surface area contributed by atoms with Crippen molar-refractivity contribution in [1.29, 1.82) is 0 Å². The molecule has 0 fully saturated rings. The van der Waals surface area contributed by atoms with Gasteiger partial charge in [0.1, 0.15) is 0 Å². The summed E-state index contributed by atoms with van der Waals surface area (Å²) in [6.45, 7) is 2.59. The molecular formula is C26H20ClN3O. The van der Waals surface area contributed by atoms with E-state index in [9.17, 15) is 4.79 Å². The summed E-state index contributed by atoms with van der Waals surface area (Å²) < 4.78 is 2.20. The zero-order chi connectivity index (χ0) is 21.4. The predicted molar refractivity (Wildman–Crippen MR) is 128 cm³/mol. The lowest BCUT2D eigenvalue weighted by atomic mass is 10.1. The topological polar surface area (TPSA) is 37.6 Å². The Morgan fingerprint density at radius 3 is 2.42 bits per heavy atom. The average molecular weight is 426 g/mol. The summed E-state index contributed by atoms with van der Waals surface area (Å²) in [6, 6.07) is 25.6. The third-order valence-electron chi connectivity index (χ3n) is 5.45. The first-order valence-corrected chi connectivity index (χ1v) is 10.5. The van der Waals surface area contributed by atoms with Gasteiger partial charge in [0.25, 0.3) is 5.91 Å². The van der Waals surface area contributed by atoms with Crippen molar-refractivity contribution >= 4 is 45.9 Å². The molecule has 0 unspecified atom stereocenters. The molecule has 0 N–H and O–H groups in total. The second-order valence-corrected chi connectivity index (χ2v) is 7.99. The van der Waals surface area contributed by atoms with E-state index in [2.05, 4.69) is 28.0 Å². The maximum Gasteiger partial charge on any atom is 0.280 e. The molecular weight excluding hydrogens is 406 g/mol. The number of hydrogen-bond donors (Lipinski definition) is 0. The van der Waals surface area contributed by atoms with Crippen LogP contribution in [0.1, 0.15) is 18.1 Å². The van der Waals surface area contributed by atoms with E-state index in [1.165, 1.54) is 5.01 Å². The molecule has 0 radical (unpaired) electrons. The highest BCUT2D eigenvalue weighted by Crippen LogP contribution is 2.29. The fourth-order valence-electron chi connectivity index (χ4n) is 3.89. The van der Waals surface area contributed by atoms with Gasteiger partial charge in [0, 0.05) is 34.2 Å². The second kappa shape index (κ2) is 7.89. The fraction of sp³-hybridized carbons (Fsp3) is 0.0769. The van der Waals surface area contributed by atoms with Crippen LogP contribution in [0.15, 0.2) is 95.7 Å². The van der Waals surface area contributed by atoms with Gasteiger partial charge in [0.2, 0.25) is 0 Å². The monoisotopic (exact) mass is 425 g/mol. The van der Waals surface area contributed by atoms with Crippen molar-refractivity contribution in [2.24, 2.45) is 5.10 Å². The number of fused-ring (bicyclic) bond motifs is 1. The lowest BCUT2D eigenvalue weighted by molar-refractivity contribution is -0.114. The number of benzene rings is 3. The number of anilines is 1. The van der Waals surface area contributed by atoms with Crippen molar-refractivity contribution in [2.75, 3.05) is 5.01 Å². The summed E-state index contributed by atoms with van der Waals surface area (Å²) in [6.07, 6.45) is 4.04. The van der Waals surface area contributed by atoms with Crippen LogP contribution in [0.25, 0.3) is 17.0 Å². The maximum absolute atomic E-state index is 13.1. The highest BCUT2D eigenvalue weighted by Gasteiger charge is 2.28. The van der Waals surface area contributed by atoms with Crippen molar-refractivity contribution in [3.8, 4) is 0 Å². The molecule has 0 saturated heterocycles. The lowest BCUT2D eigenvalue weighted by Gasteiger charge is -2.10. The van der Waals surface area contributed by atoms with Crippen LogP contribution in [0.2, 0.25) is 5.02 Å². The molecule has 0 saturated carbocycles. The maximum atomic E-state index is 13.1. The standard InChI is InChI=1S/C26H20ClN3O/c1-18-24(26(31)30(28-18)22-7-3-2-4-8-22)15-20-17-29(25-10-6-5-9-23(20)25)16-19-11-13-21(27)14-12-19/h2-15,17H,16H2,1H3. The van der Waals surface area contributed by atoms with E-state index < -0.39 is 0 Å². The first kappa shape index (κ1) is 19.3. The number of halogens is 1. The van der Waals surface area contributed by atoms with Gasteiger partial charge in [-0.25, -0.2) is 0 Å². The van der Waals surface area contributed by atoms with E-state index in [1.54, 1.807) is 0 Å². The minimum atomic E-state index is -0.113. The summed E-state index contributed by atoms with van der Waals surface area (Å²) in [7, 11) is 0. The smallest absolute Gasteiger partial charge is 0.280 e. The van der Waals surface area contributed by atoms with Crippen LogP contribution in [-0.2, 0) is 11.3 Å².